The number of hydrogen-bond donors (Lipinski definition) is 2. The number of aryl methyl sites for hydroxylation is 2. The van der Waals surface area contributed by atoms with E-state index in [2.05, 4.69) is 44.5 Å². The Morgan fingerprint density at radius 2 is 1.73 bits per heavy atom. The van der Waals surface area contributed by atoms with Crippen LogP contribution in [0, 0.1) is 13.8 Å². The minimum absolute atomic E-state index is 0.0136. The standard InChI is InChI=1S/C26H27N5OS/c1-19-9-8-11-21(17-19)28-25(32)15-16-33-26-30-29-24(31(26)22-12-4-3-5-13-22)18-27-23-14-7-6-10-20(23)2/h3-14,17,27H,15-16,18H2,1-2H3,(H,28,32). The zero-order valence-electron chi connectivity index (χ0n) is 18.8. The van der Waals surface area contributed by atoms with Crippen molar-refractivity contribution in [1.29, 1.82) is 0 Å². The molecular formula is C26H27N5OS. The predicted octanol–water partition coefficient (Wildman–Crippen LogP) is 5.62. The average molecular weight is 458 g/mol. The van der Waals surface area contributed by atoms with Gasteiger partial charge in [0, 0.05) is 29.2 Å². The maximum Gasteiger partial charge on any atom is 0.225 e. The van der Waals surface area contributed by atoms with Gasteiger partial charge in [0.25, 0.3) is 0 Å². The van der Waals surface area contributed by atoms with E-state index >= 15 is 0 Å². The number of nitrogens with zero attached hydrogens (tertiary/aromatic N) is 3. The normalized spacial score (nSPS) is 10.7. The molecule has 1 heterocycles. The molecule has 0 aliphatic heterocycles. The van der Waals surface area contributed by atoms with E-state index in [9.17, 15) is 4.79 Å². The first-order valence-corrected chi connectivity index (χ1v) is 11.9. The van der Waals surface area contributed by atoms with Gasteiger partial charge < -0.3 is 10.6 Å². The van der Waals surface area contributed by atoms with Crippen LogP contribution in [0.25, 0.3) is 5.69 Å². The molecule has 4 rings (SSSR count). The quantitative estimate of drug-likeness (QED) is 0.319. The monoisotopic (exact) mass is 457 g/mol. The summed E-state index contributed by atoms with van der Waals surface area (Å²) >= 11 is 1.53. The minimum atomic E-state index is -0.0136. The lowest BCUT2D eigenvalue weighted by molar-refractivity contribution is -0.115. The van der Waals surface area contributed by atoms with Crippen molar-refractivity contribution in [2.75, 3.05) is 16.4 Å². The molecule has 2 N–H and O–H groups in total. The summed E-state index contributed by atoms with van der Waals surface area (Å²) in [5.41, 5.74) is 5.18. The largest absolute Gasteiger partial charge is 0.378 e. The van der Waals surface area contributed by atoms with E-state index in [4.69, 9.17) is 0 Å². The average Bonchev–Trinajstić information content (AvgIpc) is 3.22. The van der Waals surface area contributed by atoms with Gasteiger partial charge in [0.05, 0.1) is 6.54 Å². The fourth-order valence-electron chi connectivity index (χ4n) is 3.47. The van der Waals surface area contributed by atoms with E-state index < -0.39 is 0 Å². The molecule has 0 bridgehead atoms. The van der Waals surface area contributed by atoms with Crippen LogP contribution in [0.4, 0.5) is 11.4 Å². The van der Waals surface area contributed by atoms with Crippen LogP contribution in [0.3, 0.4) is 0 Å². The number of carbonyl (C=O) groups excluding carboxylic acids is 1. The van der Waals surface area contributed by atoms with Gasteiger partial charge in [0.1, 0.15) is 0 Å². The fraction of sp³-hybridized carbons (Fsp3) is 0.192. The smallest absolute Gasteiger partial charge is 0.225 e. The third-order valence-electron chi connectivity index (χ3n) is 5.16. The lowest BCUT2D eigenvalue weighted by Crippen LogP contribution is -2.12. The van der Waals surface area contributed by atoms with Crippen molar-refractivity contribution in [2.24, 2.45) is 0 Å². The van der Waals surface area contributed by atoms with Gasteiger partial charge in [-0.3, -0.25) is 9.36 Å². The molecule has 1 amide bonds. The zero-order valence-corrected chi connectivity index (χ0v) is 19.6. The number of amides is 1. The molecule has 0 unspecified atom stereocenters. The molecule has 0 aliphatic rings. The molecule has 7 heteroatoms. The molecule has 1 aromatic heterocycles. The maximum atomic E-state index is 12.4. The second-order valence-electron chi connectivity index (χ2n) is 7.75. The topological polar surface area (TPSA) is 71.8 Å². The molecule has 0 spiro atoms. The van der Waals surface area contributed by atoms with Crippen molar-refractivity contribution in [3.05, 3.63) is 95.8 Å². The summed E-state index contributed by atoms with van der Waals surface area (Å²) in [5.74, 6) is 1.41. The van der Waals surface area contributed by atoms with Crippen LogP contribution >= 0.6 is 11.8 Å². The summed E-state index contributed by atoms with van der Waals surface area (Å²) in [5, 5.41) is 16.1. The highest BCUT2D eigenvalue weighted by molar-refractivity contribution is 7.99. The Morgan fingerprint density at radius 1 is 0.939 bits per heavy atom. The van der Waals surface area contributed by atoms with Crippen LogP contribution in [0.5, 0.6) is 0 Å². The number of hydrogen-bond acceptors (Lipinski definition) is 5. The first-order chi connectivity index (χ1) is 16.1. The first kappa shape index (κ1) is 22.6. The van der Waals surface area contributed by atoms with E-state index in [1.54, 1.807) is 0 Å². The van der Waals surface area contributed by atoms with Gasteiger partial charge in [0.2, 0.25) is 5.91 Å². The molecule has 33 heavy (non-hydrogen) atoms. The highest BCUT2D eigenvalue weighted by Gasteiger charge is 2.15. The van der Waals surface area contributed by atoms with E-state index in [1.165, 1.54) is 17.3 Å². The maximum absolute atomic E-state index is 12.4. The molecule has 6 nitrogen and oxygen atoms in total. The summed E-state index contributed by atoms with van der Waals surface area (Å²) in [7, 11) is 0. The molecule has 0 radical (unpaired) electrons. The van der Waals surface area contributed by atoms with Crippen LogP contribution < -0.4 is 10.6 Å². The summed E-state index contributed by atoms with van der Waals surface area (Å²) in [4.78, 5) is 12.4. The number of carbonyl (C=O) groups is 1. The van der Waals surface area contributed by atoms with E-state index in [1.807, 2.05) is 73.7 Å². The molecule has 3 aromatic carbocycles. The van der Waals surface area contributed by atoms with E-state index in [0.717, 1.165) is 33.6 Å². The van der Waals surface area contributed by atoms with Crippen molar-refractivity contribution >= 4 is 29.0 Å². The summed E-state index contributed by atoms with van der Waals surface area (Å²) < 4.78 is 2.05. The van der Waals surface area contributed by atoms with E-state index in [0.29, 0.717) is 18.7 Å². The number of thioether (sulfide) groups is 1. The number of rotatable bonds is 9. The fourth-order valence-corrected chi connectivity index (χ4v) is 4.38. The number of para-hydroxylation sites is 2. The molecule has 4 aromatic rings. The Hall–Kier alpha value is -3.58. The Bertz CT molecular complexity index is 1220. The van der Waals surface area contributed by atoms with Crippen LogP contribution in [-0.2, 0) is 11.3 Å². The Balaban J connectivity index is 1.44. The Morgan fingerprint density at radius 3 is 2.52 bits per heavy atom. The van der Waals surface area contributed by atoms with Crippen LogP contribution in [0.15, 0.2) is 84.0 Å². The lowest BCUT2D eigenvalue weighted by Gasteiger charge is -2.12. The third kappa shape index (κ3) is 6.02. The minimum Gasteiger partial charge on any atom is -0.378 e. The van der Waals surface area contributed by atoms with Gasteiger partial charge in [-0.05, 0) is 55.3 Å². The molecule has 0 saturated carbocycles. The molecular weight excluding hydrogens is 430 g/mol. The van der Waals surface area contributed by atoms with E-state index in [-0.39, 0.29) is 5.91 Å². The van der Waals surface area contributed by atoms with Gasteiger partial charge in [0.15, 0.2) is 11.0 Å². The van der Waals surface area contributed by atoms with Crippen molar-refractivity contribution in [3.63, 3.8) is 0 Å². The number of anilines is 2. The number of nitrogens with one attached hydrogen (secondary N) is 2. The highest BCUT2D eigenvalue weighted by atomic mass is 32.2. The number of aromatic nitrogens is 3. The second kappa shape index (κ2) is 10.8. The second-order valence-corrected chi connectivity index (χ2v) is 8.82. The van der Waals surface area contributed by atoms with Crippen LogP contribution in [-0.4, -0.2) is 26.4 Å². The predicted molar refractivity (Wildman–Crippen MR) is 135 cm³/mol. The van der Waals surface area contributed by atoms with Crippen molar-refractivity contribution in [1.82, 2.24) is 14.8 Å². The molecule has 0 saturated heterocycles. The van der Waals surface area contributed by atoms with Crippen molar-refractivity contribution in [3.8, 4) is 5.69 Å². The van der Waals surface area contributed by atoms with Crippen molar-refractivity contribution < 1.29 is 4.79 Å². The van der Waals surface area contributed by atoms with Crippen LogP contribution in [0.2, 0.25) is 0 Å². The molecule has 0 aliphatic carbocycles. The summed E-state index contributed by atoms with van der Waals surface area (Å²) in [6, 6.07) is 26.0. The van der Waals surface area contributed by atoms with Gasteiger partial charge in [-0.2, -0.15) is 0 Å². The van der Waals surface area contributed by atoms with Gasteiger partial charge >= 0.3 is 0 Å². The lowest BCUT2D eigenvalue weighted by atomic mass is 10.2. The Kier molecular flexibility index (Phi) is 7.42. The molecule has 0 fully saturated rings. The first-order valence-electron chi connectivity index (χ1n) is 10.9. The highest BCUT2D eigenvalue weighted by Crippen LogP contribution is 2.24. The van der Waals surface area contributed by atoms with Crippen molar-refractivity contribution in [2.45, 2.75) is 32.0 Å². The SMILES string of the molecule is Cc1cccc(NC(=O)CCSc2nnc(CNc3ccccc3C)n2-c2ccccc2)c1. The Labute approximate surface area is 198 Å². The summed E-state index contributed by atoms with van der Waals surface area (Å²) in [6.45, 7) is 4.63. The number of benzene rings is 3. The van der Waals surface area contributed by atoms with Crippen LogP contribution in [0.1, 0.15) is 23.4 Å². The van der Waals surface area contributed by atoms with Gasteiger partial charge in [-0.1, -0.05) is 60.3 Å². The summed E-state index contributed by atoms with van der Waals surface area (Å²) in [6.07, 6.45) is 0.386. The third-order valence-corrected chi connectivity index (χ3v) is 6.09. The zero-order chi connectivity index (χ0) is 23.0. The molecule has 0 atom stereocenters. The van der Waals surface area contributed by atoms with Gasteiger partial charge in [-0.15, -0.1) is 10.2 Å². The van der Waals surface area contributed by atoms with Gasteiger partial charge in [-0.25, -0.2) is 0 Å². The molecule has 168 valence electrons.